The summed E-state index contributed by atoms with van der Waals surface area (Å²) in [5, 5.41) is 12.8. The highest BCUT2D eigenvalue weighted by Crippen LogP contribution is 2.22. The van der Waals surface area contributed by atoms with E-state index in [9.17, 15) is 19.2 Å². The number of amides is 4. The van der Waals surface area contributed by atoms with Gasteiger partial charge < -0.3 is 20.7 Å². The minimum atomic E-state index is -0.545. The molecule has 1 atom stereocenters. The Bertz CT molecular complexity index is 1210. The van der Waals surface area contributed by atoms with E-state index < -0.39 is 23.9 Å². The van der Waals surface area contributed by atoms with Gasteiger partial charge in [-0.3, -0.25) is 19.7 Å². The zero-order valence-corrected chi connectivity index (χ0v) is 21.4. The number of aromatic nitrogens is 1. The van der Waals surface area contributed by atoms with Crippen LogP contribution >= 0.6 is 11.3 Å². The van der Waals surface area contributed by atoms with Crippen molar-refractivity contribution in [3.63, 3.8) is 0 Å². The van der Waals surface area contributed by atoms with Gasteiger partial charge in [0.1, 0.15) is 5.69 Å². The number of carbonyl (C=O) groups excluding carboxylic acids is 4. The minimum Gasteiger partial charge on any atom is -0.466 e. The van der Waals surface area contributed by atoms with Crippen molar-refractivity contribution in [1.29, 1.82) is 0 Å². The molecule has 2 aromatic carbocycles. The number of hydrogen-bond acceptors (Lipinski definition) is 7. The van der Waals surface area contributed by atoms with Gasteiger partial charge in [0.25, 0.3) is 5.91 Å². The number of ether oxygens (including phenoxy) is 1. The van der Waals surface area contributed by atoms with E-state index in [1.165, 1.54) is 0 Å². The van der Waals surface area contributed by atoms with E-state index in [-0.39, 0.29) is 31.0 Å². The van der Waals surface area contributed by atoms with Crippen LogP contribution in [0.4, 0.5) is 15.6 Å². The zero-order chi connectivity index (χ0) is 26.6. The van der Waals surface area contributed by atoms with Crippen molar-refractivity contribution in [3.8, 4) is 0 Å². The van der Waals surface area contributed by atoms with Crippen LogP contribution in [0.1, 0.15) is 54.3 Å². The predicted octanol–water partition coefficient (Wildman–Crippen LogP) is 4.24. The van der Waals surface area contributed by atoms with Crippen molar-refractivity contribution < 1.29 is 23.9 Å². The van der Waals surface area contributed by atoms with Gasteiger partial charge >= 0.3 is 12.0 Å². The van der Waals surface area contributed by atoms with E-state index in [1.807, 2.05) is 30.3 Å². The third-order valence-corrected chi connectivity index (χ3v) is 5.91. The predicted molar refractivity (Wildman–Crippen MR) is 141 cm³/mol. The first-order valence-electron chi connectivity index (χ1n) is 11.8. The summed E-state index contributed by atoms with van der Waals surface area (Å²) in [7, 11) is 0. The average molecular weight is 524 g/mol. The fourth-order valence-electron chi connectivity index (χ4n) is 3.28. The molecule has 194 valence electrons. The molecule has 0 aliphatic carbocycles. The normalized spacial score (nSPS) is 11.2. The lowest BCUT2D eigenvalue weighted by Gasteiger charge is -2.18. The molecule has 0 saturated carbocycles. The Hall–Kier alpha value is -4.25. The average Bonchev–Trinajstić information content (AvgIpc) is 3.37. The summed E-state index contributed by atoms with van der Waals surface area (Å²) >= 11 is 1.13. The monoisotopic (exact) mass is 523 g/mol. The van der Waals surface area contributed by atoms with Crippen LogP contribution < -0.4 is 21.3 Å². The first kappa shape index (κ1) is 27.3. The van der Waals surface area contributed by atoms with E-state index in [4.69, 9.17) is 4.74 Å². The number of rotatable bonds is 11. The van der Waals surface area contributed by atoms with Gasteiger partial charge in [-0.15, -0.1) is 11.3 Å². The number of carbonyl (C=O) groups is 4. The molecule has 0 radical (unpaired) electrons. The zero-order valence-electron chi connectivity index (χ0n) is 20.6. The Kier molecular flexibility index (Phi) is 10.1. The van der Waals surface area contributed by atoms with Crippen molar-refractivity contribution in [3.05, 3.63) is 76.8 Å². The molecule has 4 amide bonds. The summed E-state index contributed by atoms with van der Waals surface area (Å²) in [5.41, 5.74) is 2.33. The van der Waals surface area contributed by atoms with Gasteiger partial charge in [-0.2, -0.15) is 0 Å². The summed E-state index contributed by atoms with van der Waals surface area (Å²) in [6.07, 6.45) is 0.283. The molecular weight excluding hydrogens is 494 g/mol. The molecule has 10 nitrogen and oxygen atoms in total. The lowest BCUT2D eigenvalue weighted by atomic mass is 10.0. The second-order valence-electron chi connectivity index (χ2n) is 7.89. The third kappa shape index (κ3) is 8.73. The molecule has 3 aromatic rings. The third-order valence-electron chi connectivity index (χ3n) is 5.16. The molecular formula is C26H29N5O5S. The Balaban J connectivity index is 1.56. The number of nitrogens with one attached hydrogen (secondary N) is 4. The molecule has 0 fully saturated rings. The van der Waals surface area contributed by atoms with Crippen LogP contribution in [-0.2, 0) is 20.9 Å². The van der Waals surface area contributed by atoms with E-state index in [1.54, 1.807) is 43.5 Å². The summed E-state index contributed by atoms with van der Waals surface area (Å²) in [4.78, 5) is 52.8. The molecule has 4 N–H and O–H groups in total. The molecule has 11 heteroatoms. The largest absolute Gasteiger partial charge is 0.466 e. The topological polar surface area (TPSA) is 139 Å². The number of hydrogen-bond donors (Lipinski definition) is 4. The van der Waals surface area contributed by atoms with Crippen molar-refractivity contribution in [2.24, 2.45) is 0 Å². The highest BCUT2D eigenvalue weighted by atomic mass is 32.1. The Morgan fingerprint density at radius 1 is 0.973 bits per heavy atom. The first-order valence-corrected chi connectivity index (χ1v) is 12.7. The molecule has 0 aliphatic rings. The molecule has 0 bridgehead atoms. The van der Waals surface area contributed by atoms with Crippen molar-refractivity contribution >= 4 is 46.0 Å². The maximum atomic E-state index is 12.6. The van der Waals surface area contributed by atoms with Gasteiger partial charge in [-0.25, -0.2) is 9.78 Å². The maximum absolute atomic E-state index is 12.6. The molecule has 0 saturated heterocycles. The smallest absolute Gasteiger partial charge is 0.321 e. The second kappa shape index (κ2) is 13.7. The van der Waals surface area contributed by atoms with E-state index in [2.05, 4.69) is 26.3 Å². The number of nitrogens with zero attached hydrogens (tertiary/aromatic N) is 1. The highest BCUT2D eigenvalue weighted by molar-refractivity contribution is 7.14. The number of urea groups is 1. The van der Waals surface area contributed by atoms with Gasteiger partial charge in [0, 0.05) is 24.0 Å². The summed E-state index contributed by atoms with van der Waals surface area (Å²) < 4.78 is 5.01. The standard InChI is InChI=1S/C26H29N5O5S/c1-3-22(32)29-20(14-23(33)36-4-2)18-10-12-19(13-11-18)28-24(34)21-16-37-26(30-21)31-25(35)27-15-17-8-6-5-7-9-17/h5-13,16,20H,3-4,14-15H2,1-2H3,(H,28,34)(H,29,32)(H2,27,30,31,35). The van der Waals surface area contributed by atoms with Gasteiger partial charge in [-0.1, -0.05) is 49.4 Å². The van der Waals surface area contributed by atoms with Crippen LogP contribution in [0.25, 0.3) is 0 Å². The summed E-state index contributed by atoms with van der Waals surface area (Å²) in [6.45, 7) is 4.07. The highest BCUT2D eigenvalue weighted by Gasteiger charge is 2.19. The van der Waals surface area contributed by atoms with E-state index >= 15 is 0 Å². The number of benzene rings is 2. The van der Waals surface area contributed by atoms with Crippen LogP contribution in [0, 0.1) is 0 Å². The quantitative estimate of drug-likeness (QED) is 0.277. The van der Waals surface area contributed by atoms with Gasteiger partial charge in [-0.05, 0) is 30.2 Å². The van der Waals surface area contributed by atoms with Crippen LogP contribution in [0.3, 0.4) is 0 Å². The summed E-state index contributed by atoms with van der Waals surface area (Å²) in [5.74, 6) is -1.04. The molecule has 1 aromatic heterocycles. The molecule has 37 heavy (non-hydrogen) atoms. The van der Waals surface area contributed by atoms with Gasteiger partial charge in [0.15, 0.2) is 5.13 Å². The first-order chi connectivity index (χ1) is 17.9. The molecule has 1 heterocycles. The van der Waals surface area contributed by atoms with Gasteiger partial charge in [0.05, 0.1) is 19.1 Å². The van der Waals surface area contributed by atoms with Crippen molar-refractivity contribution in [2.75, 3.05) is 17.2 Å². The van der Waals surface area contributed by atoms with Crippen LogP contribution in [0.2, 0.25) is 0 Å². The SMILES string of the molecule is CCOC(=O)CC(NC(=O)CC)c1ccc(NC(=O)c2csc(NC(=O)NCc3ccccc3)n2)cc1. The number of thiazole rings is 1. The summed E-state index contributed by atoms with van der Waals surface area (Å²) in [6, 6.07) is 15.3. The molecule has 3 rings (SSSR count). The van der Waals surface area contributed by atoms with E-state index in [0.29, 0.717) is 22.9 Å². The van der Waals surface area contributed by atoms with Crippen LogP contribution in [0.5, 0.6) is 0 Å². The maximum Gasteiger partial charge on any atom is 0.321 e. The van der Waals surface area contributed by atoms with Gasteiger partial charge in [0.2, 0.25) is 5.91 Å². The molecule has 1 unspecified atom stereocenters. The Labute approximate surface area is 218 Å². The fourth-order valence-corrected chi connectivity index (χ4v) is 3.97. The molecule has 0 aliphatic heterocycles. The minimum absolute atomic E-state index is 0.00118. The van der Waals surface area contributed by atoms with Crippen molar-refractivity contribution in [2.45, 2.75) is 39.3 Å². The van der Waals surface area contributed by atoms with E-state index in [0.717, 1.165) is 16.9 Å². The van der Waals surface area contributed by atoms with Crippen LogP contribution in [-0.4, -0.2) is 35.4 Å². The Morgan fingerprint density at radius 2 is 1.70 bits per heavy atom. The van der Waals surface area contributed by atoms with Crippen molar-refractivity contribution in [1.82, 2.24) is 15.6 Å². The van der Waals surface area contributed by atoms with Crippen LogP contribution in [0.15, 0.2) is 60.0 Å². The molecule has 0 spiro atoms. The lowest BCUT2D eigenvalue weighted by molar-refractivity contribution is -0.143. The number of esters is 1. The second-order valence-corrected chi connectivity index (χ2v) is 8.75. The lowest BCUT2D eigenvalue weighted by Crippen LogP contribution is -2.30. The Morgan fingerprint density at radius 3 is 2.38 bits per heavy atom. The number of anilines is 2. The fraction of sp³-hybridized carbons (Fsp3) is 0.269.